The molecule has 2 N–H and O–H groups in total. The molecule has 0 spiro atoms. The summed E-state index contributed by atoms with van der Waals surface area (Å²) in [6.45, 7) is 1.98. The number of benzene rings is 2. The van der Waals surface area contributed by atoms with Crippen molar-refractivity contribution in [1.29, 1.82) is 0 Å². The van der Waals surface area contributed by atoms with E-state index in [0.29, 0.717) is 21.8 Å². The predicted molar refractivity (Wildman–Crippen MR) is 101 cm³/mol. The highest BCUT2D eigenvalue weighted by Crippen LogP contribution is 2.25. The lowest BCUT2D eigenvalue weighted by Crippen LogP contribution is -2.27. The number of hydrogen-bond donors (Lipinski definition) is 1. The zero-order valence-electron chi connectivity index (χ0n) is 13.9. The quantitative estimate of drug-likeness (QED) is 0.546. The Morgan fingerprint density at radius 1 is 1.16 bits per heavy atom. The number of nitrogens with two attached hydrogens (primary N) is 1. The first kappa shape index (κ1) is 17.2. The Labute approximate surface area is 149 Å². The molecule has 5 nitrogen and oxygen atoms in total. The van der Waals surface area contributed by atoms with Gasteiger partial charge in [0.05, 0.1) is 16.9 Å². The van der Waals surface area contributed by atoms with Gasteiger partial charge in [0.15, 0.2) is 5.16 Å². The van der Waals surface area contributed by atoms with Gasteiger partial charge >= 0.3 is 0 Å². The molecule has 128 valence electrons. The largest absolute Gasteiger partial charge is 0.370 e. The summed E-state index contributed by atoms with van der Waals surface area (Å²) in [4.78, 5) is 28.8. The summed E-state index contributed by atoms with van der Waals surface area (Å²) in [6.07, 6.45) is 0.243. The topological polar surface area (TPSA) is 78.0 Å². The maximum absolute atomic E-state index is 13.1. The van der Waals surface area contributed by atoms with Gasteiger partial charge in [-0.15, -0.1) is 0 Å². The van der Waals surface area contributed by atoms with E-state index in [2.05, 4.69) is 4.98 Å². The van der Waals surface area contributed by atoms with Crippen LogP contribution in [0.1, 0.15) is 24.9 Å². The first-order valence-electron chi connectivity index (χ1n) is 8.05. The van der Waals surface area contributed by atoms with Crippen molar-refractivity contribution >= 4 is 28.6 Å². The van der Waals surface area contributed by atoms with Crippen LogP contribution in [0.4, 0.5) is 0 Å². The fourth-order valence-electron chi connectivity index (χ4n) is 2.69. The summed E-state index contributed by atoms with van der Waals surface area (Å²) in [5.74, 6) is 0.125. The number of carbonyl (C=O) groups excluding carboxylic acids is 1. The molecule has 3 aromatic rings. The zero-order chi connectivity index (χ0) is 17.8. The van der Waals surface area contributed by atoms with Crippen molar-refractivity contribution in [2.75, 3.05) is 5.75 Å². The summed E-state index contributed by atoms with van der Waals surface area (Å²) in [5, 5.41) is 1.19. The van der Waals surface area contributed by atoms with Gasteiger partial charge in [0, 0.05) is 12.2 Å². The van der Waals surface area contributed by atoms with E-state index < -0.39 is 0 Å². The molecule has 0 aliphatic heterocycles. The van der Waals surface area contributed by atoms with Gasteiger partial charge in [-0.2, -0.15) is 0 Å². The Bertz CT molecular complexity index is 954. The van der Waals surface area contributed by atoms with E-state index in [4.69, 9.17) is 5.73 Å². The third-order valence-electron chi connectivity index (χ3n) is 4.02. The number of amides is 1. The van der Waals surface area contributed by atoms with Crippen LogP contribution in [0.3, 0.4) is 0 Å². The van der Waals surface area contributed by atoms with Crippen LogP contribution in [0.2, 0.25) is 0 Å². The maximum atomic E-state index is 13.1. The molecule has 0 fully saturated rings. The fraction of sp³-hybridized carbons (Fsp3) is 0.211. The molecule has 0 radical (unpaired) electrons. The Hall–Kier alpha value is -2.60. The number of hydrogen-bond acceptors (Lipinski definition) is 4. The minimum Gasteiger partial charge on any atom is -0.370 e. The minimum absolute atomic E-state index is 0.0801. The predicted octanol–water partition coefficient (Wildman–Crippen LogP) is 2.97. The van der Waals surface area contributed by atoms with E-state index in [1.165, 1.54) is 11.8 Å². The van der Waals surface area contributed by atoms with Crippen molar-refractivity contribution in [2.24, 2.45) is 5.73 Å². The molecule has 3 rings (SSSR count). The zero-order valence-corrected chi connectivity index (χ0v) is 14.7. The second kappa shape index (κ2) is 7.53. The number of thioether (sulfide) groups is 1. The molecule has 1 atom stereocenters. The molecule has 0 unspecified atom stereocenters. The van der Waals surface area contributed by atoms with Crippen LogP contribution in [0.15, 0.2) is 64.5 Å². The number of para-hydroxylation sites is 1. The maximum Gasteiger partial charge on any atom is 0.262 e. The van der Waals surface area contributed by atoms with Crippen molar-refractivity contribution in [1.82, 2.24) is 9.55 Å². The van der Waals surface area contributed by atoms with Crippen molar-refractivity contribution in [3.63, 3.8) is 0 Å². The molecule has 0 aliphatic carbocycles. The van der Waals surface area contributed by atoms with Crippen LogP contribution in [0.25, 0.3) is 10.9 Å². The van der Waals surface area contributed by atoms with Gasteiger partial charge in [-0.3, -0.25) is 14.2 Å². The second-order valence-corrected chi connectivity index (χ2v) is 6.80. The summed E-state index contributed by atoms with van der Waals surface area (Å²) < 4.78 is 1.70. The first-order valence-corrected chi connectivity index (χ1v) is 9.04. The summed E-state index contributed by atoms with van der Waals surface area (Å²) in [6, 6.07) is 17.0. The molecule has 0 saturated carbocycles. The van der Waals surface area contributed by atoms with Crippen LogP contribution in [-0.2, 0) is 4.79 Å². The van der Waals surface area contributed by atoms with Gasteiger partial charge in [-0.1, -0.05) is 54.2 Å². The van der Waals surface area contributed by atoms with E-state index in [0.717, 1.165) is 5.56 Å². The smallest absolute Gasteiger partial charge is 0.262 e. The average Bonchev–Trinajstić information content (AvgIpc) is 2.62. The Kier molecular flexibility index (Phi) is 5.19. The Morgan fingerprint density at radius 3 is 2.56 bits per heavy atom. The molecule has 0 saturated heterocycles. The van der Waals surface area contributed by atoms with Crippen molar-refractivity contribution in [3.8, 4) is 0 Å². The average molecular weight is 353 g/mol. The second-order valence-electron chi connectivity index (χ2n) is 5.74. The highest BCUT2D eigenvalue weighted by molar-refractivity contribution is 7.99. The standard InChI is InChI=1S/C19H19N3O2S/c1-13(14-7-3-2-4-8-14)22-18(24)15-9-5-6-10-16(15)21-19(22)25-12-11-17(20)23/h2-10,13H,11-12H2,1H3,(H2,20,23)/t13-/m0/s1. The van der Waals surface area contributed by atoms with Crippen LogP contribution < -0.4 is 11.3 Å². The fourth-order valence-corrected chi connectivity index (χ4v) is 3.72. The lowest BCUT2D eigenvalue weighted by Gasteiger charge is -2.19. The van der Waals surface area contributed by atoms with Crippen LogP contribution in [-0.4, -0.2) is 21.2 Å². The van der Waals surface area contributed by atoms with Gasteiger partial charge in [0.1, 0.15) is 0 Å². The Balaban J connectivity index is 2.11. The van der Waals surface area contributed by atoms with E-state index >= 15 is 0 Å². The van der Waals surface area contributed by atoms with Gasteiger partial charge < -0.3 is 5.73 Å². The third-order valence-corrected chi connectivity index (χ3v) is 4.98. The van der Waals surface area contributed by atoms with Crippen molar-refractivity contribution in [2.45, 2.75) is 24.5 Å². The van der Waals surface area contributed by atoms with E-state index in [1.807, 2.05) is 55.5 Å². The molecule has 1 amide bonds. The van der Waals surface area contributed by atoms with Crippen molar-refractivity contribution in [3.05, 3.63) is 70.5 Å². The molecular formula is C19H19N3O2S. The van der Waals surface area contributed by atoms with Crippen LogP contribution >= 0.6 is 11.8 Å². The molecule has 2 aromatic carbocycles. The highest BCUT2D eigenvalue weighted by Gasteiger charge is 2.17. The van der Waals surface area contributed by atoms with Crippen LogP contribution in [0.5, 0.6) is 0 Å². The highest BCUT2D eigenvalue weighted by atomic mass is 32.2. The number of aromatic nitrogens is 2. The van der Waals surface area contributed by atoms with Gasteiger partial charge in [-0.05, 0) is 24.6 Å². The normalized spacial score (nSPS) is 12.2. The molecular weight excluding hydrogens is 334 g/mol. The number of nitrogens with zero attached hydrogens (tertiary/aromatic N) is 2. The summed E-state index contributed by atoms with van der Waals surface area (Å²) in [5.41, 5.74) is 6.83. The van der Waals surface area contributed by atoms with Gasteiger partial charge in [0.25, 0.3) is 5.56 Å². The lowest BCUT2D eigenvalue weighted by molar-refractivity contribution is -0.117. The first-order chi connectivity index (χ1) is 12.1. The minimum atomic E-state index is -0.363. The third kappa shape index (κ3) is 3.74. The molecule has 0 bridgehead atoms. The van der Waals surface area contributed by atoms with Crippen LogP contribution in [0, 0.1) is 0 Å². The number of rotatable bonds is 6. The SMILES string of the molecule is C[C@@H](c1ccccc1)n1c(SCCC(N)=O)nc2ccccc2c1=O. The van der Waals surface area contributed by atoms with Gasteiger partial charge in [0.2, 0.25) is 5.91 Å². The molecule has 6 heteroatoms. The number of fused-ring (bicyclic) bond motifs is 1. The molecule has 25 heavy (non-hydrogen) atoms. The number of carbonyl (C=O) groups is 1. The van der Waals surface area contributed by atoms with E-state index in [1.54, 1.807) is 10.6 Å². The van der Waals surface area contributed by atoms with E-state index in [-0.39, 0.29) is 23.9 Å². The molecule has 1 heterocycles. The lowest BCUT2D eigenvalue weighted by atomic mass is 10.1. The summed E-state index contributed by atoms with van der Waals surface area (Å²) >= 11 is 1.38. The van der Waals surface area contributed by atoms with E-state index in [9.17, 15) is 9.59 Å². The summed E-state index contributed by atoms with van der Waals surface area (Å²) in [7, 11) is 0. The monoisotopic (exact) mass is 353 g/mol. The molecule has 1 aromatic heterocycles. The van der Waals surface area contributed by atoms with Gasteiger partial charge in [-0.25, -0.2) is 4.98 Å². The van der Waals surface area contributed by atoms with Crippen molar-refractivity contribution < 1.29 is 4.79 Å². The number of primary amides is 1. The molecule has 0 aliphatic rings. The Morgan fingerprint density at radius 2 is 1.84 bits per heavy atom.